The summed E-state index contributed by atoms with van der Waals surface area (Å²) in [4.78, 5) is 9.35. The van der Waals surface area contributed by atoms with Gasteiger partial charge < -0.3 is 4.42 Å². The van der Waals surface area contributed by atoms with Crippen molar-refractivity contribution in [2.45, 2.75) is 13.8 Å². The highest BCUT2D eigenvalue weighted by atomic mass is 32.1. The molecule has 0 radical (unpaired) electrons. The molecule has 18 heavy (non-hydrogen) atoms. The topological polar surface area (TPSA) is 62.7 Å². The van der Waals surface area contributed by atoms with Crippen LogP contribution < -0.4 is 0 Å². The highest BCUT2D eigenvalue weighted by Crippen LogP contribution is 2.29. The number of nitrogens with zero attached hydrogens (tertiary/aromatic N) is 3. The van der Waals surface area contributed by atoms with Crippen LogP contribution in [0.25, 0.3) is 21.7 Å². The molecule has 0 saturated carbocycles. The molecule has 0 aliphatic rings. The van der Waals surface area contributed by atoms with Crippen LogP contribution in [0.4, 0.5) is 0 Å². The average molecular weight is 255 g/mol. The minimum atomic E-state index is 0.648. The van der Waals surface area contributed by atoms with Crippen LogP contribution in [0.5, 0.6) is 0 Å². The summed E-state index contributed by atoms with van der Waals surface area (Å²) in [5.74, 6) is 0.648. The third-order valence-corrected chi connectivity index (χ3v) is 3.75. The lowest BCUT2D eigenvalue weighted by molar-refractivity contribution is 0.561. The molecule has 5 heteroatoms. The van der Waals surface area contributed by atoms with Crippen molar-refractivity contribution in [1.82, 2.24) is 9.97 Å². The second kappa shape index (κ2) is 3.93. The summed E-state index contributed by atoms with van der Waals surface area (Å²) >= 11 is 1.40. The van der Waals surface area contributed by atoms with Gasteiger partial charge in [0.1, 0.15) is 21.5 Å². The third kappa shape index (κ3) is 1.67. The van der Waals surface area contributed by atoms with Crippen LogP contribution in [0.1, 0.15) is 16.5 Å². The Hall–Kier alpha value is -2.19. The van der Waals surface area contributed by atoms with Gasteiger partial charge >= 0.3 is 0 Å². The van der Waals surface area contributed by atoms with Crippen molar-refractivity contribution in [3.05, 3.63) is 34.7 Å². The molecule has 2 heterocycles. The minimum Gasteiger partial charge on any atom is -0.441 e. The lowest BCUT2D eigenvalue weighted by Gasteiger charge is -1.94. The number of hydrogen-bond acceptors (Lipinski definition) is 5. The maximum atomic E-state index is 8.95. The number of oxazole rings is 1. The molecule has 3 rings (SSSR count). The van der Waals surface area contributed by atoms with Gasteiger partial charge in [-0.3, -0.25) is 0 Å². The first-order chi connectivity index (χ1) is 8.67. The van der Waals surface area contributed by atoms with Crippen molar-refractivity contribution in [2.24, 2.45) is 0 Å². The first kappa shape index (κ1) is 10.9. The highest BCUT2D eigenvalue weighted by molar-refractivity contribution is 7.15. The quantitative estimate of drug-likeness (QED) is 0.668. The number of nitriles is 1. The number of hydrogen-bond donors (Lipinski definition) is 0. The summed E-state index contributed by atoms with van der Waals surface area (Å²) in [5.41, 5.74) is 3.32. The smallest absolute Gasteiger partial charge is 0.192 e. The zero-order valence-electron chi connectivity index (χ0n) is 9.89. The molecule has 0 aliphatic carbocycles. The Bertz CT molecular complexity index is 779. The molecule has 1 aromatic carbocycles. The Kier molecular flexibility index (Phi) is 2.39. The molecule has 0 fully saturated rings. The monoisotopic (exact) mass is 255 g/mol. The molecule has 0 N–H and O–H groups in total. The van der Waals surface area contributed by atoms with E-state index in [2.05, 4.69) is 16.0 Å². The number of fused-ring (bicyclic) bond motifs is 1. The molecule has 0 atom stereocenters. The lowest BCUT2D eigenvalue weighted by Crippen LogP contribution is -1.78. The van der Waals surface area contributed by atoms with Crippen molar-refractivity contribution in [1.29, 1.82) is 5.26 Å². The van der Waals surface area contributed by atoms with Gasteiger partial charge in [-0.25, -0.2) is 9.97 Å². The summed E-state index contributed by atoms with van der Waals surface area (Å²) in [6.45, 7) is 3.67. The first-order valence-corrected chi connectivity index (χ1v) is 6.24. The van der Waals surface area contributed by atoms with E-state index < -0.39 is 0 Å². The number of aryl methyl sites for hydroxylation is 2. The lowest BCUT2D eigenvalue weighted by atomic mass is 10.2. The Labute approximate surface area is 108 Å². The Balaban J connectivity index is 2.15. The van der Waals surface area contributed by atoms with Gasteiger partial charge in [-0.15, -0.1) is 11.3 Å². The van der Waals surface area contributed by atoms with Crippen molar-refractivity contribution in [3.8, 4) is 16.6 Å². The Morgan fingerprint density at radius 2 is 2.11 bits per heavy atom. The van der Waals surface area contributed by atoms with E-state index in [0.717, 1.165) is 27.4 Å². The van der Waals surface area contributed by atoms with E-state index in [1.54, 1.807) is 0 Å². The molecular weight excluding hydrogens is 246 g/mol. The Morgan fingerprint density at radius 1 is 1.28 bits per heavy atom. The van der Waals surface area contributed by atoms with Crippen LogP contribution in [0.3, 0.4) is 0 Å². The van der Waals surface area contributed by atoms with E-state index in [0.29, 0.717) is 10.8 Å². The van der Waals surface area contributed by atoms with Gasteiger partial charge in [0.05, 0.1) is 5.69 Å². The van der Waals surface area contributed by atoms with E-state index >= 15 is 0 Å². The van der Waals surface area contributed by atoms with E-state index in [4.69, 9.17) is 9.68 Å². The number of benzene rings is 1. The van der Waals surface area contributed by atoms with Gasteiger partial charge in [0.15, 0.2) is 11.5 Å². The maximum absolute atomic E-state index is 8.95. The second-order valence-electron chi connectivity index (χ2n) is 3.96. The van der Waals surface area contributed by atoms with E-state index in [1.165, 1.54) is 11.3 Å². The fraction of sp³-hybridized carbons (Fsp3) is 0.154. The zero-order valence-corrected chi connectivity index (χ0v) is 10.7. The van der Waals surface area contributed by atoms with Crippen LogP contribution in [-0.4, -0.2) is 9.97 Å². The maximum Gasteiger partial charge on any atom is 0.192 e. The number of aromatic nitrogens is 2. The van der Waals surface area contributed by atoms with Crippen LogP contribution in [0.2, 0.25) is 0 Å². The van der Waals surface area contributed by atoms with Gasteiger partial charge in [-0.2, -0.15) is 5.26 Å². The number of thiazole rings is 1. The van der Waals surface area contributed by atoms with Crippen LogP contribution in [0.15, 0.2) is 22.6 Å². The van der Waals surface area contributed by atoms with Crippen LogP contribution in [0, 0.1) is 25.2 Å². The molecule has 88 valence electrons. The summed E-state index contributed by atoms with van der Waals surface area (Å²) in [6, 6.07) is 7.90. The summed E-state index contributed by atoms with van der Waals surface area (Å²) in [6.07, 6.45) is 0. The van der Waals surface area contributed by atoms with Crippen LogP contribution >= 0.6 is 11.3 Å². The third-order valence-electron chi connectivity index (χ3n) is 2.64. The van der Waals surface area contributed by atoms with E-state index in [-0.39, 0.29) is 0 Å². The number of rotatable bonds is 1. The second-order valence-corrected chi connectivity index (χ2v) is 4.96. The molecule has 0 aliphatic heterocycles. The van der Waals surface area contributed by atoms with Gasteiger partial charge in [0.25, 0.3) is 0 Å². The summed E-state index contributed by atoms with van der Waals surface area (Å²) in [7, 11) is 0. The predicted molar refractivity (Wildman–Crippen MR) is 69.3 cm³/mol. The molecule has 4 nitrogen and oxygen atoms in total. The summed E-state index contributed by atoms with van der Waals surface area (Å²) in [5, 5.41) is 9.79. The van der Waals surface area contributed by atoms with Gasteiger partial charge in [-0.05, 0) is 25.1 Å². The van der Waals surface area contributed by atoms with Crippen molar-refractivity contribution in [3.63, 3.8) is 0 Å². The van der Waals surface area contributed by atoms with Crippen LogP contribution in [-0.2, 0) is 0 Å². The average Bonchev–Trinajstić information content (AvgIpc) is 2.89. The zero-order chi connectivity index (χ0) is 12.7. The van der Waals surface area contributed by atoms with E-state index in [9.17, 15) is 0 Å². The molecule has 0 amide bonds. The van der Waals surface area contributed by atoms with E-state index in [1.807, 2.05) is 32.0 Å². The van der Waals surface area contributed by atoms with Gasteiger partial charge in [-0.1, -0.05) is 0 Å². The largest absolute Gasteiger partial charge is 0.441 e. The van der Waals surface area contributed by atoms with Crippen molar-refractivity contribution in [2.75, 3.05) is 0 Å². The van der Waals surface area contributed by atoms with Crippen molar-refractivity contribution < 1.29 is 4.42 Å². The Morgan fingerprint density at radius 3 is 2.83 bits per heavy atom. The summed E-state index contributed by atoms with van der Waals surface area (Å²) < 4.78 is 5.43. The molecule has 3 aromatic rings. The highest BCUT2D eigenvalue weighted by Gasteiger charge is 2.10. The molecule has 2 aromatic heterocycles. The molecular formula is C13H9N3OS. The fourth-order valence-corrected chi connectivity index (χ4v) is 2.66. The van der Waals surface area contributed by atoms with Gasteiger partial charge in [0.2, 0.25) is 0 Å². The van der Waals surface area contributed by atoms with Gasteiger partial charge in [0, 0.05) is 12.5 Å². The normalized spacial score (nSPS) is 10.7. The first-order valence-electron chi connectivity index (χ1n) is 5.42. The fourth-order valence-electron chi connectivity index (χ4n) is 1.80. The predicted octanol–water partition coefficient (Wildman–Crippen LogP) is 3.44. The standard InChI is InChI=1S/C13H9N3OS/c1-7-12(6-14)18-13(15-7)9-3-4-11-10(5-9)16-8(2)17-11/h3-5H,1-2H3. The SMILES string of the molecule is Cc1nc2cc(-c3nc(C)c(C#N)s3)ccc2o1. The minimum absolute atomic E-state index is 0.648. The molecule has 0 unspecified atom stereocenters. The molecule has 0 saturated heterocycles. The molecule has 0 bridgehead atoms. The van der Waals surface area contributed by atoms with Crippen molar-refractivity contribution >= 4 is 22.4 Å². The molecule has 0 spiro atoms.